The molecular weight excluding hydrogens is 425 g/mol. The van der Waals surface area contributed by atoms with Crippen molar-refractivity contribution in [2.24, 2.45) is 0 Å². The van der Waals surface area contributed by atoms with Gasteiger partial charge in [-0.3, -0.25) is 9.78 Å². The maximum absolute atomic E-state index is 14.1. The maximum atomic E-state index is 14.1. The van der Waals surface area contributed by atoms with Gasteiger partial charge in [-0.1, -0.05) is 23.7 Å². The van der Waals surface area contributed by atoms with Gasteiger partial charge in [0, 0.05) is 18.1 Å². The Labute approximate surface area is 184 Å². The van der Waals surface area contributed by atoms with Crippen LogP contribution in [-0.4, -0.2) is 34.6 Å². The van der Waals surface area contributed by atoms with Gasteiger partial charge in [0.2, 0.25) is 5.88 Å². The Kier molecular flexibility index (Phi) is 7.72. The molecule has 9 heteroatoms. The summed E-state index contributed by atoms with van der Waals surface area (Å²) in [5.41, 5.74) is 1.76. The van der Waals surface area contributed by atoms with E-state index < -0.39 is 5.82 Å². The third-order valence-corrected chi connectivity index (χ3v) is 4.55. The first-order valence-corrected chi connectivity index (χ1v) is 9.96. The van der Waals surface area contributed by atoms with E-state index in [1.165, 1.54) is 19.4 Å². The number of aryl methyl sites for hydroxylation is 1. The monoisotopic (exact) mass is 445 g/mol. The van der Waals surface area contributed by atoms with Crippen molar-refractivity contribution in [1.29, 1.82) is 0 Å². The molecule has 0 atom stereocenters. The van der Waals surface area contributed by atoms with Crippen LogP contribution >= 0.6 is 11.6 Å². The molecule has 3 aromatic rings. The van der Waals surface area contributed by atoms with Crippen LogP contribution in [0.25, 0.3) is 11.3 Å². The summed E-state index contributed by atoms with van der Waals surface area (Å²) >= 11 is 6.23. The van der Waals surface area contributed by atoms with E-state index >= 15 is 0 Å². The first kappa shape index (κ1) is 22.4. The minimum Gasteiger partial charge on any atom is -0.487 e. The van der Waals surface area contributed by atoms with Crippen molar-refractivity contribution in [3.8, 4) is 22.9 Å². The van der Waals surface area contributed by atoms with Crippen LogP contribution in [0.3, 0.4) is 0 Å². The van der Waals surface area contributed by atoms with Crippen LogP contribution in [0.5, 0.6) is 11.6 Å². The molecule has 1 aromatic carbocycles. The third kappa shape index (κ3) is 6.11. The summed E-state index contributed by atoms with van der Waals surface area (Å²) in [7, 11) is 1.43. The van der Waals surface area contributed by atoms with E-state index in [9.17, 15) is 9.18 Å². The first-order chi connectivity index (χ1) is 15.0. The number of hydrogen-bond donors (Lipinski definition) is 0. The second kappa shape index (κ2) is 10.7. The molecule has 162 valence electrons. The van der Waals surface area contributed by atoms with E-state index in [0.717, 1.165) is 11.8 Å². The molecule has 2 heterocycles. The second-order valence-corrected chi connectivity index (χ2v) is 6.81. The van der Waals surface area contributed by atoms with Gasteiger partial charge in [-0.15, -0.1) is 0 Å². The minimum atomic E-state index is -0.583. The van der Waals surface area contributed by atoms with Gasteiger partial charge in [0.25, 0.3) is 0 Å². The fraction of sp³-hybridized carbons (Fsp3) is 0.273. The number of aromatic nitrogens is 3. The molecule has 0 aliphatic heterocycles. The largest absolute Gasteiger partial charge is 0.487 e. The molecule has 2 aromatic heterocycles. The zero-order chi connectivity index (χ0) is 22.2. The average Bonchev–Trinajstić information content (AvgIpc) is 2.77. The van der Waals surface area contributed by atoms with Crippen molar-refractivity contribution < 1.29 is 23.4 Å². The molecule has 0 bridgehead atoms. The highest BCUT2D eigenvalue weighted by Gasteiger charge is 2.15. The van der Waals surface area contributed by atoms with Crippen molar-refractivity contribution in [2.75, 3.05) is 13.7 Å². The number of pyridine rings is 1. The molecule has 0 aliphatic carbocycles. The van der Waals surface area contributed by atoms with Gasteiger partial charge in [-0.2, -0.15) is 0 Å². The molecule has 0 radical (unpaired) electrons. The minimum absolute atomic E-state index is 0.0384. The van der Waals surface area contributed by atoms with E-state index in [1.807, 2.05) is 18.2 Å². The summed E-state index contributed by atoms with van der Waals surface area (Å²) in [6, 6.07) is 8.81. The van der Waals surface area contributed by atoms with E-state index in [-0.39, 0.29) is 34.9 Å². The van der Waals surface area contributed by atoms with Crippen LogP contribution in [0.1, 0.15) is 24.6 Å². The van der Waals surface area contributed by atoms with Gasteiger partial charge >= 0.3 is 5.97 Å². The predicted octanol–water partition coefficient (Wildman–Crippen LogP) is 4.41. The van der Waals surface area contributed by atoms with Gasteiger partial charge in [0.1, 0.15) is 18.1 Å². The number of halogens is 2. The fourth-order valence-electron chi connectivity index (χ4n) is 2.79. The van der Waals surface area contributed by atoms with Crippen LogP contribution < -0.4 is 9.47 Å². The number of carbonyl (C=O) groups excluding carboxylic acids is 1. The molecule has 31 heavy (non-hydrogen) atoms. The standard InChI is InChI=1S/C22H21ClFN3O4/c1-3-30-20(28)8-7-14-5-4-6-16(9-14)31-13-15-11-26-21(22(23)27-15)17-10-19(29-2)25-12-18(17)24/h4-6,9-12H,3,7-8,13H2,1-2H3. The van der Waals surface area contributed by atoms with E-state index in [1.54, 1.807) is 13.0 Å². The van der Waals surface area contributed by atoms with E-state index in [2.05, 4.69) is 15.0 Å². The average molecular weight is 446 g/mol. The molecule has 0 fully saturated rings. The Hall–Kier alpha value is -3.26. The van der Waals surface area contributed by atoms with Crippen LogP contribution in [0.4, 0.5) is 4.39 Å². The number of carbonyl (C=O) groups is 1. The number of ether oxygens (including phenoxy) is 3. The zero-order valence-corrected chi connectivity index (χ0v) is 17.9. The normalized spacial score (nSPS) is 10.6. The summed E-state index contributed by atoms with van der Waals surface area (Å²) in [5.74, 6) is 0.0421. The van der Waals surface area contributed by atoms with E-state index in [4.69, 9.17) is 25.8 Å². The lowest BCUT2D eigenvalue weighted by Crippen LogP contribution is -2.05. The Morgan fingerprint density at radius 2 is 2.03 bits per heavy atom. The fourth-order valence-corrected chi connectivity index (χ4v) is 3.05. The smallest absolute Gasteiger partial charge is 0.306 e. The Morgan fingerprint density at radius 3 is 2.77 bits per heavy atom. The molecule has 3 rings (SSSR count). The summed E-state index contributed by atoms with van der Waals surface area (Å²) in [6.45, 7) is 2.26. The van der Waals surface area contributed by atoms with Gasteiger partial charge in [-0.05, 0) is 31.0 Å². The molecule has 0 unspecified atom stereocenters. The quantitative estimate of drug-likeness (QED) is 0.451. The van der Waals surface area contributed by atoms with Crippen molar-refractivity contribution in [1.82, 2.24) is 15.0 Å². The number of rotatable bonds is 9. The van der Waals surface area contributed by atoms with Gasteiger partial charge in [0.05, 0.1) is 31.8 Å². The van der Waals surface area contributed by atoms with Gasteiger partial charge in [0.15, 0.2) is 11.0 Å². The lowest BCUT2D eigenvalue weighted by molar-refractivity contribution is -0.143. The summed E-state index contributed by atoms with van der Waals surface area (Å²) in [5, 5.41) is 0.0384. The molecular formula is C22H21ClFN3O4. The number of benzene rings is 1. The first-order valence-electron chi connectivity index (χ1n) is 9.58. The lowest BCUT2D eigenvalue weighted by Gasteiger charge is -2.10. The number of hydrogen-bond acceptors (Lipinski definition) is 7. The lowest BCUT2D eigenvalue weighted by atomic mass is 10.1. The van der Waals surface area contributed by atoms with Gasteiger partial charge < -0.3 is 14.2 Å². The van der Waals surface area contributed by atoms with Crippen molar-refractivity contribution >= 4 is 17.6 Å². The molecule has 0 amide bonds. The van der Waals surface area contributed by atoms with Gasteiger partial charge in [-0.25, -0.2) is 14.4 Å². The highest BCUT2D eigenvalue weighted by atomic mass is 35.5. The molecule has 0 spiro atoms. The SMILES string of the molecule is CCOC(=O)CCc1cccc(OCc2cnc(-c3cc(OC)ncc3F)c(Cl)n2)c1. The molecule has 0 saturated heterocycles. The van der Waals surface area contributed by atoms with Crippen molar-refractivity contribution in [2.45, 2.75) is 26.4 Å². The van der Waals surface area contributed by atoms with Crippen molar-refractivity contribution in [3.05, 3.63) is 65.0 Å². The van der Waals surface area contributed by atoms with Crippen LogP contribution in [0.2, 0.25) is 5.15 Å². The second-order valence-electron chi connectivity index (χ2n) is 6.45. The maximum Gasteiger partial charge on any atom is 0.306 e. The third-order valence-electron chi connectivity index (χ3n) is 4.28. The van der Waals surface area contributed by atoms with Crippen LogP contribution in [-0.2, 0) is 22.6 Å². The molecule has 0 saturated carbocycles. The van der Waals surface area contributed by atoms with E-state index in [0.29, 0.717) is 30.9 Å². The highest BCUT2D eigenvalue weighted by molar-refractivity contribution is 6.31. The number of esters is 1. The summed E-state index contributed by atoms with van der Waals surface area (Å²) in [6.07, 6.45) is 3.36. The van der Waals surface area contributed by atoms with Crippen LogP contribution in [0.15, 0.2) is 42.7 Å². The Morgan fingerprint density at radius 1 is 1.19 bits per heavy atom. The number of methoxy groups -OCH3 is 1. The zero-order valence-electron chi connectivity index (χ0n) is 17.1. The number of nitrogens with zero attached hydrogens (tertiary/aromatic N) is 3. The predicted molar refractivity (Wildman–Crippen MR) is 113 cm³/mol. The van der Waals surface area contributed by atoms with Crippen molar-refractivity contribution in [3.63, 3.8) is 0 Å². The highest BCUT2D eigenvalue weighted by Crippen LogP contribution is 2.28. The molecule has 0 aliphatic rings. The molecule has 7 nitrogen and oxygen atoms in total. The summed E-state index contributed by atoms with van der Waals surface area (Å²) in [4.78, 5) is 23.8. The Bertz CT molecular complexity index is 1060. The topological polar surface area (TPSA) is 83.4 Å². The summed E-state index contributed by atoms with van der Waals surface area (Å²) < 4.78 is 29.9. The van der Waals surface area contributed by atoms with Crippen LogP contribution in [0, 0.1) is 5.82 Å². The molecule has 0 N–H and O–H groups in total. The Balaban J connectivity index is 1.66.